The van der Waals surface area contributed by atoms with E-state index in [-0.39, 0.29) is 12.5 Å². The Morgan fingerprint density at radius 1 is 0.781 bits per heavy atom. The first-order chi connectivity index (χ1) is 15.4. The van der Waals surface area contributed by atoms with Crippen LogP contribution in [0, 0.1) is 13.8 Å². The lowest BCUT2D eigenvalue weighted by atomic mass is 9.82. The molecule has 0 saturated carbocycles. The largest absolute Gasteiger partial charge is 0.497 e. The molecule has 164 valence electrons. The number of carbonyl (C=O) groups excluding carboxylic acids is 2. The van der Waals surface area contributed by atoms with Crippen LogP contribution in [-0.4, -0.2) is 31.1 Å². The molecule has 6 heteroatoms. The molecule has 4 rings (SSSR count). The van der Waals surface area contributed by atoms with Crippen molar-refractivity contribution >= 4 is 11.9 Å². The summed E-state index contributed by atoms with van der Waals surface area (Å²) < 4.78 is 10.5. The highest BCUT2D eigenvalue weighted by Gasteiger charge is 2.53. The van der Waals surface area contributed by atoms with Crippen molar-refractivity contribution in [3.05, 3.63) is 94.5 Å². The molecule has 1 fully saturated rings. The number of amides is 3. The second-order valence-corrected chi connectivity index (χ2v) is 8.02. The molecule has 0 aromatic heterocycles. The van der Waals surface area contributed by atoms with E-state index in [0.29, 0.717) is 22.6 Å². The molecule has 0 radical (unpaired) electrons. The second kappa shape index (κ2) is 8.38. The normalized spacial score (nSPS) is 14.9. The molecule has 1 saturated heterocycles. The maximum Gasteiger partial charge on any atom is 0.325 e. The first-order valence-electron chi connectivity index (χ1n) is 10.4. The van der Waals surface area contributed by atoms with Crippen LogP contribution >= 0.6 is 0 Å². The zero-order valence-electron chi connectivity index (χ0n) is 18.6. The van der Waals surface area contributed by atoms with Gasteiger partial charge < -0.3 is 14.8 Å². The number of carbonyl (C=O) groups is 2. The van der Waals surface area contributed by atoms with Gasteiger partial charge in [-0.2, -0.15) is 0 Å². The first-order valence-corrected chi connectivity index (χ1v) is 10.4. The molecule has 1 heterocycles. The van der Waals surface area contributed by atoms with Crippen LogP contribution in [0.25, 0.3) is 0 Å². The molecule has 0 unspecified atom stereocenters. The van der Waals surface area contributed by atoms with E-state index in [0.717, 1.165) is 16.7 Å². The zero-order chi connectivity index (χ0) is 22.9. The Morgan fingerprint density at radius 2 is 1.25 bits per heavy atom. The van der Waals surface area contributed by atoms with Gasteiger partial charge in [-0.05, 0) is 54.8 Å². The van der Waals surface area contributed by atoms with Gasteiger partial charge >= 0.3 is 6.03 Å². The molecule has 1 aliphatic heterocycles. The average molecular weight is 431 g/mol. The summed E-state index contributed by atoms with van der Waals surface area (Å²) in [7, 11) is 3.17. The molecule has 0 bridgehead atoms. The van der Waals surface area contributed by atoms with Gasteiger partial charge in [-0.25, -0.2) is 4.79 Å². The number of nitrogens with zero attached hydrogens (tertiary/aromatic N) is 1. The van der Waals surface area contributed by atoms with E-state index >= 15 is 0 Å². The molecule has 0 aliphatic carbocycles. The Bertz CT molecular complexity index is 1090. The van der Waals surface area contributed by atoms with Crippen LogP contribution in [0.4, 0.5) is 4.79 Å². The fraction of sp³-hybridized carbons (Fsp3) is 0.231. The predicted octanol–water partition coefficient (Wildman–Crippen LogP) is 4.32. The van der Waals surface area contributed by atoms with Crippen molar-refractivity contribution in [1.29, 1.82) is 0 Å². The van der Waals surface area contributed by atoms with Gasteiger partial charge in [0.1, 0.15) is 11.5 Å². The average Bonchev–Trinajstić information content (AvgIpc) is 3.04. The first kappa shape index (κ1) is 21.4. The lowest BCUT2D eigenvalue weighted by Crippen LogP contribution is -2.45. The highest BCUT2D eigenvalue weighted by molar-refractivity contribution is 6.09. The maximum atomic E-state index is 13.9. The third-order valence-corrected chi connectivity index (χ3v) is 5.77. The second-order valence-electron chi connectivity index (χ2n) is 8.02. The summed E-state index contributed by atoms with van der Waals surface area (Å²) in [6.07, 6.45) is 0. The minimum atomic E-state index is -1.34. The molecule has 3 aromatic carbocycles. The van der Waals surface area contributed by atoms with Crippen molar-refractivity contribution in [1.82, 2.24) is 10.2 Å². The van der Waals surface area contributed by atoms with Crippen molar-refractivity contribution in [2.24, 2.45) is 0 Å². The molecule has 1 N–H and O–H groups in total. The number of urea groups is 1. The zero-order valence-corrected chi connectivity index (χ0v) is 18.6. The minimum Gasteiger partial charge on any atom is -0.497 e. The van der Waals surface area contributed by atoms with Crippen LogP contribution < -0.4 is 14.8 Å². The molecular weight excluding hydrogens is 404 g/mol. The number of methoxy groups -OCH3 is 2. The van der Waals surface area contributed by atoms with Gasteiger partial charge in [0, 0.05) is 0 Å². The Hall–Kier alpha value is -3.80. The SMILES string of the molecule is COc1ccc(C2(c3ccc(OC)cc3)NC(=O)N(Cc3cc(C)cc(C)c3)C2=O)cc1. The summed E-state index contributed by atoms with van der Waals surface area (Å²) in [5, 5.41) is 2.98. The summed E-state index contributed by atoms with van der Waals surface area (Å²) in [6.45, 7) is 4.20. The van der Waals surface area contributed by atoms with Crippen molar-refractivity contribution in [2.45, 2.75) is 25.9 Å². The van der Waals surface area contributed by atoms with Crippen molar-refractivity contribution in [3.63, 3.8) is 0 Å². The van der Waals surface area contributed by atoms with Crippen molar-refractivity contribution < 1.29 is 19.1 Å². The third-order valence-electron chi connectivity index (χ3n) is 5.77. The van der Waals surface area contributed by atoms with E-state index in [1.807, 2.05) is 50.2 Å². The lowest BCUT2D eigenvalue weighted by Gasteiger charge is -2.28. The Balaban J connectivity index is 1.80. The van der Waals surface area contributed by atoms with E-state index in [4.69, 9.17) is 9.47 Å². The maximum absolute atomic E-state index is 13.9. The molecule has 3 aromatic rings. The van der Waals surface area contributed by atoms with Crippen LogP contribution in [0.3, 0.4) is 0 Å². The number of rotatable bonds is 6. The minimum absolute atomic E-state index is 0.196. The van der Waals surface area contributed by atoms with E-state index in [9.17, 15) is 9.59 Å². The van der Waals surface area contributed by atoms with Gasteiger partial charge in [-0.3, -0.25) is 9.69 Å². The predicted molar refractivity (Wildman–Crippen MR) is 122 cm³/mol. The van der Waals surface area contributed by atoms with Crippen LogP contribution in [-0.2, 0) is 16.9 Å². The van der Waals surface area contributed by atoms with Gasteiger partial charge in [0.25, 0.3) is 5.91 Å². The van der Waals surface area contributed by atoms with Crippen molar-refractivity contribution in [2.75, 3.05) is 14.2 Å². The van der Waals surface area contributed by atoms with Crippen LogP contribution in [0.15, 0.2) is 66.7 Å². The number of imide groups is 1. The van der Waals surface area contributed by atoms with Gasteiger partial charge in [0.15, 0.2) is 5.54 Å². The van der Waals surface area contributed by atoms with E-state index in [1.54, 1.807) is 38.5 Å². The molecular formula is C26H26N2O4. The standard InChI is InChI=1S/C26H26N2O4/c1-17-13-18(2)15-19(14-17)16-28-24(29)26(27-25(28)30,20-5-9-22(31-3)10-6-20)21-7-11-23(32-4)12-8-21/h5-15H,16H2,1-4H3,(H,27,30). The Kier molecular flexibility index (Phi) is 5.61. The Morgan fingerprint density at radius 3 is 1.69 bits per heavy atom. The highest BCUT2D eigenvalue weighted by Crippen LogP contribution is 2.38. The summed E-state index contributed by atoms with van der Waals surface area (Å²) in [4.78, 5) is 28.3. The van der Waals surface area contributed by atoms with Gasteiger partial charge in [0.2, 0.25) is 0 Å². The highest BCUT2D eigenvalue weighted by atomic mass is 16.5. The number of ether oxygens (including phenoxy) is 2. The number of hydrogen-bond donors (Lipinski definition) is 1. The third kappa shape index (κ3) is 3.68. The molecule has 6 nitrogen and oxygen atoms in total. The Labute approximate surface area is 187 Å². The van der Waals surface area contributed by atoms with E-state index in [2.05, 4.69) is 11.4 Å². The molecule has 0 atom stereocenters. The molecule has 0 spiro atoms. The monoisotopic (exact) mass is 430 g/mol. The molecule has 1 aliphatic rings. The fourth-order valence-electron chi connectivity index (χ4n) is 4.30. The van der Waals surface area contributed by atoms with Gasteiger partial charge in [-0.15, -0.1) is 0 Å². The fourth-order valence-corrected chi connectivity index (χ4v) is 4.30. The number of hydrogen-bond acceptors (Lipinski definition) is 4. The van der Waals surface area contributed by atoms with E-state index < -0.39 is 11.6 Å². The lowest BCUT2D eigenvalue weighted by molar-refractivity contribution is -0.130. The topological polar surface area (TPSA) is 67.9 Å². The quantitative estimate of drug-likeness (QED) is 0.592. The van der Waals surface area contributed by atoms with Crippen LogP contribution in [0.2, 0.25) is 0 Å². The van der Waals surface area contributed by atoms with Crippen LogP contribution in [0.1, 0.15) is 27.8 Å². The number of benzene rings is 3. The van der Waals surface area contributed by atoms with E-state index in [1.165, 1.54) is 4.90 Å². The smallest absolute Gasteiger partial charge is 0.325 e. The summed E-state index contributed by atoms with van der Waals surface area (Å²) in [5.41, 5.74) is 3.06. The van der Waals surface area contributed by atoms with Crippen molar-refractivity contribution in [3.8, 4) is 11.5 Å². The van der Waals surface area contributed by atoms with Gasteiger partial charge in [0.05, 0.1) is 20.8 Å². The summed E-state index contributed by atoms with van der Waals surface area (Å²) in [5.74, 6) is 1.02. The molecule has 3 amide bonds. The summed E-state index contributed by atoms with van der Waals surface area (Å²) in [6, 6.07) is 20.0. The van der Waals surface area contributed by atoms with Gasteiger partial charge in [-0.1, -0.05) is 53.6 Å². The van der Waals surface area contributed by atoms with Crippen LogP contribution in [0.5, 0.6) is 11.5 Å². The number of nitrogens with one attached hydrogen (secondary N) is 1. The number of aryl methyl sites for hydroxylation is 2. The molecule has 32 heavy (non-hydrogen) atoms. The summed E-state index contributed by atoms with van der Waals surface area (Å²) >= 11 is 0.